The molecule has 144 valence electrons. The zero-order chi connectivity index (χ0) is 19.6. The summed E-state index contributed by atoms with van der Waals surface area (Å²) in [5.41, 5.74) is 0.542. The van der Waals surface area contributed by atoms with E-state index >= 15 is 0 Å². The zero-order valence-corrected chi connectivity index (χ0v) is 15.6. The average molecular weight is 394 g/mol. The first kappa shape index (κ1) is 19.4. The van der Waals surface area contributed by atoms with Crippen molar-refractivity contribution in [3.05, 3.63) is 60.2 Å². The minimum absolute atomic E-state index is 0.00360. The van der Waals surface area contributed by atoms with Gasteiger partial charge in [-0.15, -0.1) is 0 Å². The van der Waals surface area contributed by atoms with Crippen molar-refractivity contribution >= 4 is 21.6 Å². The zero-order valence-electron chi connectivity index (χ0n) is 14.8. The molecule has 0 bridgehead atoms. The van der Waals surface area contributed by atoms with Crippen LogP contribution in [0, 0.1) is 17.6 Å². The average Bonchev–Trinajstić information content (AvgIpc) is 2.68. The van der Waals surface area contributed by atoms with Gasteiger partial charge >= 0.3 is 0 Å². The van der Waals surface area contributed by atoms with Gasteiger partial charge in [0.05, 0.1) is 10.8 Å². The van der Waals surface area contributed by atoms with Crippen LogP contribution >= 0.6 is 0 Å². The maximum atomic E-state index is 13.1. The molecule has 0 N–H and O–H groups in total. The van der Waals surface area contributed by atoms with Crippen molar-refractivity contribution in [2.75, 3.05) is 25.0 Å². The summed E-state index contributed by atoms with van der Waals surface area (Å²) in [5, 5.41) is 0. The van der Waals surface area contributed by atoms with Crippen LogP contribution in [0.5, 0.6) is 0 Å². The molecule has 8 heteroatoms. The van der Waals surface area contributed by atoms with E-state index < -0.39 is 27.6 Å². The second-order valence-electron chi connectivity index (χ2n) is 6.53. The minimum Gasteiger partial charge on any atom is -0.315 e. The number of hydrogen-bond donors (Lipinski definition) is 0. The maximum Gasteiger partial charge on any atom is 0.243 e. The van der Waals surface area contributed by atoms with E-state index in [4.69, 9.17) is 0 Å². The van der Waals surface area contributed by atoms with Crippen LogP contribution in [-0.4, -0.2) is 38.8 Å². The molecule has 1 aliphatic heterocycles. The van der Waals surface area contributed by atoms with Crippen molar-refractivity contribution in [2.24, 2.45) is 5.92 Å². The molecule has 0 spiro atoms. The van der Waals surface area contributed by atoms with Crippen LogP contribution in [0.2, 0.25) is 0 Å². The van der Waals surface area contributed by atoms with Gasteiger partial charge in [0.25, 0.3) is 0 Å². The SMILES string of the molecule is CN(C(=O)[C@H]1CCCN(S(=O)(=O)c2ccc(F)cc2)C1)c1ccc(F)cc1. The number of piperidine rings is 1. The third-order valence-electron chi connectivity index (χ3n) is 4.73. The first-order valence-corrected chi connectivity index (χ1v) is 10.0. The third kappa shape index (κ3) is 4.17. The summed E-state index contributed by atoms with van der Waals surface area (Å²) in [6.07, 6.45) is 1.12. The van der Waals surface area contributed by atoms with Crippen molar-refractivity contribution in [1.29, 1.82) is 0 Å². The van der Waals surface area contributed by atoms with Crippen LogP contribution in [0.1, 0.15) is 12.8 Å². The van der Waals surface area contributed by atoms with E-state index in [0.717, 1.165) is 12.1 Å². The Balaban J connectivity index is 1.76. The molecule has 5 nitrogen and oxygen atoms in total. The van der Waals surface area contributed by atoms with Crippen LogP contribution in [0.3, 0.4) is 0 Å². The number of hydrogen-bond acceptors (Lipinski definition) is 3. The largest absolute Gasteiger partial charge is 0.315 e. The topological polar surface area (TPSA) is 57.7 Å². The van der Waals surface area contributed by atoms with E-state index in [1.54, 1.807) is 7.05 Å². The summed E-state index contributed by atoms with van der Waals surface area (Å²) in [6, 6.07) is 10.2. The first-order valence-electron chi connectivity index (χ1n) is 8.58. The fourth-order valence-corrected chi connectivity index (χ4v) is 4.71. The lowest BCUT2D eigenvalue weighted by molar-refractivity contribution is -0.123. The van der Waals surface area contributed by atoms with E-state index in [1.165, 1.54) is 45.6 Å². The van der Waals surface area contributed by atoms with Crippen LogP contribution in [-0.2, 0) is 14.8 Å². The number of rotatable bonds is 4. The molecule has 1 saturated heterocycles. The van der Waals surface area contributed by atoms with Crippen LogP contribution in [0.4, 0.5) is 14.5 Å². The smallest absolute Gasteiger partial charge is 0.243 e. The lowest BCUT2D eigenvalue weighted by Crippen LogP contribution is -2.45. The summed E-state index contributed by atoms with van der Waals surface area (Å²) in [6.45, 7) is 0.369. The summed E-state index contributed by atoms with van der Waals surface area (Å²) in [5.74, 6) is -1.62. The minimum atomic E-state index is -3.79. The quantitative estimate of drug-likeness (QED) is 0.801. The van der Waals surface area contributed by atoms with Crippen molar-refractivity contribution in [3.63, 3.8) is 0 Å². The van der Waals surface area contributed by atoms with Gasteiger partial charge in [-0.1, -0.05) is 0 Å². The summed E-state index contributed by atoms with van der Waals surface area (Å²) < 4.78 is 53.0. The van der Waals surface area contributed by atoms with Crippen molar-refractivity contribution in [1.82, 2.24) is 4.31 Å². The molecular formula is C19H20F2N2O3S. The number of nitrogens with zero attached hydrogens (tertiary/aromatic N) is 2. The Morgan fingerprint density at radius 1 is 1.04 bits per heavy atom. The number of amides is 1. The van der Waals surface area contributed by atoms with Crippen molar-refractivity contribution in [2.45, 2.75) is 17.7 Å². The monoisotopic (exact) mass is 394 g/mol. The van der Waals surface area contributed by atoms with Gasteiger partial charge in [0, 0.05) is 25.8 Å². The van der Waals surface area contributed by atoms with Gasteiger partial charge < -0.3 is 4.90 Å². The summed E-state index contributed by atoms with van der Waals surface area (Å²) >= 11 is 0. The van der Waals surface area contributed by atoms with Gasteiger partial charge in [-0.3, -0.25) is 4.79 Å². The predicted octanol–water partition coefficient (Wildman–Crippen LogP) is 3.03. The van der Waals surface area contributed by atoms with E-state index in [0.29, 0.717) is 25.1 Å². The van der Waals surface area contributed by atoms with Gasteiger partial charge in [0.15, 0.2) is 0 Å². The van der Waals surface area contributed by atoms with E-state index in [1.807, 2.05) is 0 Å². The molecule has 2 aromatic carbocycles. The normalized spacial score (nSPS) is 18.3. The highest BCUT2D eigenvalue weighted by Crippen LogP contribution is 2.26. The van der Waals surface area contributed by atoms with Crippen molar-refractivity contribution in [3.8, 4) is 0 Å². The van der Waals surface area contributed by atoms with Crippen LogP contribution in [0.15, 0.2) is 53.4 Å². The molecule has 1 aliphatic rings. The summed E-state index contributed by atoms with van der Waals surface area (Å²) in [4.78, 5) is 14.2. The number of carbonyl (C=O) groups excluding carboxylic acids is 1. The Hall–Kier alpha value is -2.32. The summed E-state index contributed by atoms with van der Waals surface area (Å²) in [7, 11) is -2.21. The number of sulfonamides is 1. The number of halogens is 2. The Morgan fingerprint density at radius 2 is 1.59 bits per heavy atom. The second-order valence-corrected chi connectivity index (χ2v) is 8.47. The Bertz CT molecular complexity index is 915. The Morgan fingerprint density at radius 3 is 2.19 bits per heavy atom. The lowest BCUT2D eigenvalue weighted by atomic mass is 9.98. The highest BCUT2D eigenvalue weighted by molar-refractivity contribution is 7.89. The second kappa shape index (κ2) is 7.74. The van der Waals surface area contributed by atoms with E-state index in [9.17, 15) is 22.0 Å². The molecule has 0 saturated carbocycles. The number of anilines is 1. The molecular weight excluding hydrogens is 374 g/mol. The molecule has 1 amide bonds. The van der Waals surface area contributed by atoms with Crippen LogP contribution in [0.25, 0.3) is 0 Å². The molecule has 27 heavy (non-hydrogen) atoms. The molecule has 0 unspecified atom stereocenters. The van der Waals surface area contributed by atoms with Gasteiger partial charge in [-0.05, 0) is 61.4 Å². The van der Waals surface area contributed by atoms with Gasteiger partial charge in [-0.25, -0.2) is 17.2 Å². The predicted molar refractivity (Wildman–Crippen MR) is 97.7 cm³/mol. The maximum absolute atomic E-state index is 13.1. The third-order valence-corrected chi connectivity index (χ3v) is 6.61. The number of benzene rings is 2. The molecule has 3 rings (SSSR count). The fraction of sp³-hybridized carbons (Fsp3) is 0.316. The molecule has 1 fully saturated rings. The molecule has 1 atom stereocenters. The van der Waals surface area contributed by atoms with Gasteiger partial charge in [-0.2, -0.15) is 4.31 Å². The lowest BCUT2D eigenvalue weighted by Gasteiger charge is -2.33. The Labute approximate surface area is 157 Å². The molecule has 1 heterocycles. The highest BCUT2D eigenvalue weighted by atomic mass is 32.2. The van der Waals surface area contributed by atoms with E-state index in [-0.39, 0.29) is 17.3 Å². The molecule has 2 aromatic rings. The van der Waals surface area contributed by atoms with Gasteiger partial charge in [0.1, 0.15) is 11.6 Å². The van der Waals surface area contributed by atoms with Crippen LogP contribution < -0.4 is 4.90 Å². The highest BCUT2D eigenvalue weighted by Gasteiger charge is 2.34. The fourth-order valence-electron chi connectivity index (χ4n) is 3.18. The molecule has 0 aromatic heterocycles. The first-order chi connectivity index (χ1) is 12.8. The Kier molecular flexibility index (Phi) is 5.57. The number of carbonyl (C=O) groups is 1. The molecule has 0 aliphatic carbocycles. The molecule has 0 radical (unpaired) electrons. The van der Waals surface area contributed by atoms with Crippen molar-refractivity contribution < 1.29 is 22.0 Å². The van der Waals surface area contributed by atoms with E-state index in [2.05, 4.69) is 0 Å². The van der Waals surface area contributed by atoms with Gasteiger partial charge in [0.2, 0.25) is 15.9 Å². The standard InChI is InChI=1S/C19H20F2N2O3S/c1-22(17-8-4-15(20)5-9-17)19(24)14-3-2-12-23(13-14)27(25,26)18-10-6-16(21)7-11-18/h4-11,14H,2-3,12-13H2,1H3/t14-/m0/s1.